The number of alkyl halides is 2. The van der Waals surface area contributed by atoms with Gasteiger partial charge in [-0.2, -0.15) is 0 Å². The first-order valence-electron chi connectivity index (χ1n) is 3.50. The van der Waals surface area contributed by atoms with Crippen LogP contribution in [0.5, 0.6) is 0 Å². The standard InChI is InChI=1S/C7H10I2/c8-6-1-2-7(9,5-6)4-3-6/h1-5H2. The molecule has 0 saturated heterocycles. The van der Waals surface area contributed by atoms with E-state index in [-0.39, 0.29) is 0 Å². The molecule has 0 atom stereocenters. The highest BCUT2D eigenvalue weighted by Gasteiger charge is 2.51. The molecule has 0 aromatic carbocycles. The van der Waals surface area contributed by atoms with Crippen molar-refractivity contribution in [3.8, 4) is 0 Å². The lowest BCUT2D eigenvalue weighted by Crippen LogP contribution is -2.12. The predicted molar refractivity (Wildman–Crippen MR) is 56.6 cm³/mol. The SMILES string of the molecule is IC12CCC(I)(CC1)C2. The van der Waals surface area contributed by atoms with Gasteiger partial charge < -0.3 is 0 Å². The van der Waals surface area contributed by atoms with Gasteiger partial charge in [0.05, 0.1) is 0 Å². The van der Waals surface area contributed by atoms with Crippen LogP contribution < -0.4 is 0 Å². The number of rotatable bonds is 0. The van der Waals surface area contributed by atoms with Crippen molar-refractivity contribution in [2.75, 3.05) is 0 Å². The molecule has 9 heavy (non-hydrogen) atoms. The molecule has 0 N–H and O–H groups in total. The fourth-order valence-electron chi connectivity index (χ4n) is 2.07. The lowest BCUT2D eigenvalue weighted by Gasteiger charge is -2.19. The van der Waals surface area contributed by atoms with E-state index < -0.39 is 0 Å². The highest BCUT2D eigenvalue weighted by atomic mass is 127. The number of halogens is 2. The third-order valence-corrected chi connectivity index (χ3v) is 5.60. The topological polar surface area (TPSA) is 0 Å². The average molecular weight is 348 g/mol. The van der Waals surface area contributed by atoms with Crippen LogP contribution in [0.15, 0.2) is 0 Å². The highest BCUT2D eigenvalue weighted by molar-refractivity contribution is 14.1. The zero-order valence-corrected chi connectivity index (χ0v) is 9.61. The van der Waals surface area contributed by atoms with E-state index >= 15 is 0 Å². The highest BCUT2D eigenvalue weighted by Crippen LogP contribution is 2.59. The Morgan fingerprint density at radius 3 is 1.22 bits per heavy atom. The van der Waals surface area contributed by atoms with Crippen molar-refractivity contribution < 1.29 is 0 Å². The maximum Gasteiger partial charge on any atom is 0.0236 e. The summed E-state index contributed by atoms with van der Waals surface area (Å²) in [6, 6.07) is 0. The lowest BCUT2D eigenvalue weighted by molar-refractivity contribution is 0.554. The maximum atomic E-state index is 2.68. The molecule has 2 rings (SSSR count). The Labute approximate surface area is 83.4 Å². The van der Waals surface area contributed by atoms with Gasteiger partial charge in [-0.1, -0.05) is 45.2 Å². The third-order valence-electron chi connectivity index (χ3n) is 2.68. The number of hydrogen-bond acceptors (Lipinski definition) is 0. The number of hydrogen-bond donors (Lipinski definition) is 0. The molecule has 2 fully saturated rings. The van der Waals surface area contributed by atoms with Crippen LogP contribution in [-0.4, -0.2) is 6.84 Å². The van der Waals surface area contributed by atoms with Gasteiger partial charge in [0, 0.05) is 6.84 Å². The van der Waals surface area contributed by atoms with Crippen molar-refractivity contribution in [3.05, 3.63) is 0 Å². The van der Waals surface area contributed by atoms with Crippen LogP contribution in [-0.2, 0) is 0 Å². The largest absolute Gasteiger partial charge is 0.0788 e. The second-order valence-corrected chi connectivity index (χ2v) is 8.06. The van der Waals surface area contributed by atoms with E-state index in [4.69, 9.17) is 0 Å². The fraction of sp³-hybridized carbons (Fsp3) is 1.00. The van der Waals surface area contributed by atoms with Crippen LogP contribution in [0, 0.1) is 0 Å². The van der Waals surface area contributed by atoms with E-state index in [2.05, 4.69) is 45.2 Å². The van der Waals surface area contributed by atoms with E-state index in [1.165, 1.54) is 32.1 Å². The van der Waals surface area contributed by atoms with Crippen molar-refractivity contribution in [2.45, 2.75) is 38.9 Å². The van der Waals surface area contributed by atoms with Crippen LogP contribution in [0.3, 0.4) is 0 Å². The molecular weight excluding hydrogens is 338 g/mol. The van der Waals surface area contributed by atoms with Crippen molar-refractivity contribution in [3.63, 3.8) is 0 Å². The summed E-state index contributed by atoms with van der Waals surface area (Å²) in [6.07, 6.45) is 7.42. The molecule has 2 aliphatic carbocycles. The predicted octanol–water partition coefficient (Wildman–Crippen LogP) is 3.31. The molecular formula is C7H10I2. The maximum absolute atomic E-state index is 2.68. The Morgan fingerprint density at radius 2 is 1.11 bits per heavy atom. The van der Waals surface area contributed by atoms with Gasteiger partial charge in [-0.05, 0) is 32.1 Å². The first-order chi connectivity index (χ1) is 4.12. The molecule has 0 spiro atoms. The molecule has 2 aliphatic rings. The zero-order valence-electron chi connectivity index (χ0n) is 5.29. The van der Waals surface area contributed by atoms with Gasteiger partial charge >= 0.3 is 0 Å². The molecule has 0 aromatic rings. The fourth-order valence-corrected chi connectivity index (χ4v) is 5.34. The first-order valence-corrected chi connectivity index (χ1v) is 5.66. The monoisotopic (exact) mass is 348 g/mol. The van der Waals surface area contributed by atoms with Gasteiger partial charge in [0.2, 0.25) is 0 Å². The van der Waals surface area contributed by atoms with E-state index in [0.717, 1.165) is 6.84 Å². The quantitative estimate of drug-likeness (QED) is 0.466. The summed E-state index contributed by atoms with van der Waals surface area (Å²) in [5.41, 5.74) is 0. The average Bonchev–Trinajstić information content (AvgIpc) is 2.19. The summed E-state index contributed by atoms with van der Waals surface area (Å²) in [5.74, 6) is 0. The van der Waals surface area contributed by atoms with Crippen molar-refractivity contribution >= 4 is 45.2 Å². The minimum Gasteiger partial charge on any atom is -0.0788 e. The second-order valence-electron chi connectivity index (χ2n) is 3.48. The normalized spacial score (nSPS) is 56.7. The van der Waals surface area contributed by atoms with Crippen LogP contribution in [0.1, 0.15) is 32.1 Å². The van der Waals surface area contributed by atoms with E-state index in [0.29, 0.717) is 0 Å². The summed E-state index contributed by atoms with van der Waals surface area (Å²) in [5, 5.41) is 0. The summed E-state index contributed by atoms with van der Waals surface area (Å²) in [7, 11) is 0. The van der Waals surface area contributed by atoms with Crippen LogP contribution >= 0.6 is 45.2 Å². The Morgan fingerprint density at radius 1 is 0.778 bits per heavy atom. The Bertz CT molecular complexity index is 118. The van der Waals surface area contributed by atoms with E-state index in [1.807, 2.05) is 0 Å². The minimum atomic E-state index is 0.735. The Balaban J connectivity index is 2.25. The number of fused-ring (bicyclic) bond motifs is 2. The second kappa shape index (κ2) is 1.99. The van der Waals surface area contributed by atoms with Gasteiger partial charge in [0.15, 0.2) is 0 Å². The molecule has 0 aliphatic heterocycles. The molecule has 0 aromatic heterocycles. The van der Waals surface area contributed by atoms with E-state index in [9.17, 15) is 0 Å². The summed E-state index contributed by atoms with van der Waals surface area (Å²) in [4.78, 5) is 0. The molecule has 2 bridgehead atoms. The molecule has 0 radical (unpaired) electrons. The van der Waals surface area contributed by atoms with Crippen LogP contribution in [0.4, 0.5) is 0 Å². The Hall–Kier alpha value is 1.46. The molecule has 0 heterocycles. The van der Waals surface area contributed by atoms with Gasteiger partial charge in [0.1, 0.15) is 0 Å². The van der Waals surface area contributed by atoms with Gasteiger partial charge in [0.25, 0.3) is 0 Å². The molecule has 52 valence electrons. The third kappa shape index (κ3) is 1.14. The van der Waals surface area contributed by atoms with Crippen molar-refractivity contribution in [1.82, 2.24) is 0 Å². The summed E-state index contributed by atoms with van der Waals surface area (Å²) in [6.45, 7) is 0. The van der Waals surface area contributed by atoms with Crippen molar-refractivity contribution in [1.29, 1.82) is 0 Å². The Kier molecular flexibility index (Phi) is 1.57. The molecule has 0 unspecified atom stereocenters. The molecule has 2 heteroatoms. The molecule has 0 amide bonds. The lowest BCUT2D eigenvalue weighted by atomic mass is 10.0. The molecule has 2 saturated carbocycles. The van der Waals surface area contributed by atoms with Crippen LogP contribution in [0.2, 0.25) is 0 Å². The summed E-state index contributed by atoms with van der Waals surface area (Å²) >= 11 is 5.35. The van der Waals surface area contributed by atoms with Gasteiger partial charge in [-0.3, -0.25) is 0 Å². The van der Waals surface area contributed by atoms with Crippen molar-refractivity contribution in [2.24, 2.45) is 0 Å². The van der Waals surface area contributed by atoms with Gasteiger partial charge in [-0.15, -0.1) is 0 Å². The summed E-state index contributed by atoms with van der Waals surface area (Å²) < 4.78 is 1.47. The minimum absolute atomic E-state index is 0.735. The molecule has 0 nitrogen and oxygen atoms in total. The van der Waals surface area contributed by atoms with E-state index in [1.54, 1.807) is 0 Å². The van der Waals surface area contributed by atoms with Gasteiger partial charge in [-0.25, -0.2) is 0 Å². The first kappa shape index (κ1) is 7.13. The smallest absolute Gasteiger partial charge is 0.0236 e. The zero-order chi connectivity index (χ0) is 6.54. The van der Waals surface area contributed by atoms with Crippen LogP contribution in [0.25, 0.3) is 0 Å².